The zero-order valence-electron chi connectivity index (χ0n) is 15.3. The fourth-order valence-corrected chi connectivity index (χ4v) is 3.76. The van der Waals surface area contributed by atoms with Crippen molar-refractivity contribution in [3.05, 3.63) is 58.6 Å². The van der Waals surface area contributed by atoms with E-state index in [0.29, 0.717) is 5.92 Å². The molecule has 0 radical (unpaired) electrons. The van der Waals surface area contributed by atoms with Crippen LogP contribution in [0.15, 0.2) is 57.9 Å². The number of hydrogen-bond donors (Lipinski definition) is 4. The Labute approximate surface area is 172 Å². The molecular formula is C20H22BrN7. The van der Waals surface area contributed by atoms with Crippen LogP contribution in [0.5, 0.6) is 0 Å². The summed E-state index contributed by atoms with van der Waals surface area (Å²) in [6, 6.07) is 10.4. The van der Waals surface area contributed by atoms with Crippen molar-refractivity contribution in [3.63, 3.8) is 0 Å². The molecule has 0 spiro atoms. The number of nitrogens with zero attached hydrogens (tertiary/aromatic N) is 3. The Kier molecular flexibility index (Phi) is 4.56. The Balaban J connectivity index is 1.29. The molecule has 5 rings (SSSR count). The minimum absolute atomic E-state index is 0.279. The number of hydrogen-bond acceptors (Lipinski definition) is 6. The lowest BCUT2D eigenvalue weighted by molar-refractivity contribution is 0.653. The predicted molar refractivity (Wildman–Crippen MR) is 117 cm³/mol. The molecule has 1 atom stereocenters. The fraction of sp³-hybridized carbons (Fsp3) is 0.300. The van der Waals surface area contributed by atoms with Gasteiger partial charge in [0.25, 0.3) is 0 Å². The minimum atomic E-state index is -0.279. The van der Waals surface area contributed by atoms with Gasteiger partial charge in [-0.25, -0.2) is 4.99 Å². The Morgan fingerprint density at radius 3 is 2.93 bits per heavy atom. The van der Waals surface area contributed by atoms with Crippen LogP contribution in [-0.4, -0.2) is 29.2 Å². The molecule has 28 heavy (non-hydrogen) atoms. The predicted octanol–water partition coefficient (Wildman–Crippen LogP) is 4.06. The summed E-state index contributed by atoms with van der Waals surface area (Å²) in [5.74, 6) is 2.28. The summed E-state index contributed by atoms with van der Waals surface area (Å²) in [5, 5.41) is 17.7. The molecule has 3 aliphatic rings. The number of aromatic amines is 1. The van der Waals surface area contributed by atoms with Gasteiger partial charge in [0.1, 0.15) is 5.82 Å². The molecule has 2 aliphatic heterocycles. The average Bonchev–Trinajstić information content (AvgIpc) is 3.22. The van der Waals surface area contributed by atoms with Crippen molar-refractivity contribution in [2.75, 3.05) is 22.1 Å². The number of benzene rings is 1. The SMILES string of the molecule is BrC1=C(Nc2cc(C3CC3)[nH]n2)NC(Nc2ccccc2N2C=CCC2)N=C1. The topological polar surface area (TPSA) is 80.4 Å². The Bertz CT molecular complexity index is 957. The summed E-state index contributed by atoms with van der Waals surface area (Å²) in [4.78, 5) is 6.80. The van der Waals surface area contributed by atoms with Crippen molar-refractivity contribution in [3.8, 4) is 0 Å². The van der Waals surface area contributed by atoms with Crippen LogP contribution in [0.4, 0.5) is 17.2 Å². The minimum Gasteiger partial charge on any atom is -0.346 e. The first-order valence-corrected chi connectivity index (χ1v) is 10.4. The third kappa shape index (κ3) is 3.64. The Hall–Kier alpha value is -2.74. The molecule has 1 fully saturated rings. The van der Waals surface area contributed by atoms with Crippen LogP contribution < -0.4 is 20.9 Å². The van der Waals surface area contributed by atoms with E-state index < -0.39 is 0 Å². The maximum Gasteiger partial charge on any atom is 0.195 e. The largest absolute Gasteiger partial charge is 0.346 e. The number of H-pyrrole nitrogens is 1. The summed E-state index contributed by atoms with van der Waals surface area (Å²) in [5.41, 5.74) is 3.39. The molecule has 1 aliphatic carbocycles. The molecule has 7 nitrogen and oxygen atoms in total. The van der Waals surface area contributed by atoms with Crippen LogP contribution in [0.3, 0.4) is 0 Å². The summed E-state index contributed by atoms with van der Waals surface area (Å²) < 4.78 is 0.859. The lowest BCUT2D eigenvalue weighted by Gasteiger charge is -2.27. The molecule has 1 unspecified atom stereocenters. The molecule has 0 amide bonds. The number of allylic oxidation sites excluding steroid dienone is 1. The lowest BCUT2D eigenvalue weighted by Crippen LogP contribution is -2.39. The number of rotatable bonds is 6. The third-order valence-corrected chi connectivity index (χ3v) is 5.65. The Morgan fingerprint density at radius 1 is 1.21 bits per heavy atom. The molecule has 4 N–H and O–H groups in total. The molecule has 1 aromatic heterocycles. The van der Waals surface area contributed by atoms with E-state index in [1.165, 1.54) is 18.5 Å². The summed E-state index contributed by atoms with van der Waals surface area (Å²) in [6.45, 7) is 1.00. The first-order valence-electron chi connectivity index (χ1n) is 9.57. The number of aromatic nitrogens is 2. The zero-order valence-corrected chi connectivity index (χ0v) is 16.9. The summed E-state index contributed by atoms with van der Waals surface area (Å²) >= 11 is 3.56. The van der Waals surface area contributed by atoms with Gasteiger partial charge < -0.3 is 20.9 Å². The van der Waals surface area contributed by atoms with Gasteiger partial charge >= 0.3 is 0 Å². The van der Waals surface area contributed by atoms with Gasteiger partial charge in [-0.15, -0.1) is 0 Å². The van der Waals surface area contributed by atoms with Crippen LogP contribution in [0.2, 0.25) is 0 Å². The van der Waals surface area contributed by atoms with Crippen LogP contribution >= 0.6 is 15.9 Å². The molecule has 144 valence electrons. The van der Waals surface area contributed by atoms with E-state index in [4.69, 9.17) is 0 Å². The highest BCUT2D eigenvalue weighted by atomic mass is 79.9. The van der Waals surface area contributed by atoms with Crippen molar-refractivity contribution in [1.82, 2.24) is 15.5 Å². The van der Waals surface area contributed by atoms with Gasteiger partial charge in [-0.3, -0.25) is 5.10 Å². The van der Waals surface area contributed by atoms with E-state index in [2.05, 4.69) is 88.5 Å². The highest BCUT2D eigenvalue weighted by Crippen LogP contribution is 2.39. The first kappa shape index (κ1) is 17.4. The second-order valence-corrected chi connectivity index (χ2v) is 8.04. The fourth-order valence-electron chi connectivity index (χ4n) is 3.43. The maximum absolute atomic E-state index is 4.55. The lowest BCUT2D eigenvalue weighted by atomic mass is 10.2. The van der Waals surface area contributed by atoms with Gasteiger partial charge in [-0.1, -0.05) is 18.2 Å². The monoisotopic (exact) mass is 439 g/mol. The maximum atomic E-state index is 4.55. The van der Waals surface area contributed by atoms with E-state index in [-0.39, 0.29) is 6.29 Å². The molecular weight excluding hydrogens is 418 g/mol. The highest BCUT2D eigenvalue weighted by molar-refractivity contribution is 9.12. The molecule has 3 heterocycles. The van der Waals surface area contributed by atoms with E-state index in [1.54, 1.807) is 0 Å². The van der Waals surface area contributed by atoms with Crippen LogP contribution in [0, 0.1) is 0 Å². The van der Waals surface area contributed by atoms with Crippen LogP contribution in [0.25, 0.3) is 0 Å². The van der Waals surface area contributed by atoms with E-state index in [9.17, 15) is 0 Å². The van der Waals surface area contributed by atoms with Gasteiger partial charge in [0.05, 0.1) is 15.9 Å². The first-order chi connectivity index (χ1) is 13.8. The average molecular weight is 440 g/mol. The van der Waals surface area contributed by atoms with E-state index in [0.717, 1.165) is 40.5 Å². The molecule has 1 saturated carbocycles. The molecule has 0 bridgehead atoms. The van der Waals surface area contributed by atoms with Crippen molar-refractivity contribution >= 4 is 39.3 Å². The van der Waals surface area contributed by atoms with Gasteiger partial charge in [-0.05, 0) is 47.3 Å². The number of nitrogens with one attached hydrogen (secondary N) is 4. The van der Waals surface area contributed by atoms with Gasteiger partial charge in [0.2, 0.25) is 0 Å². The smallest absolute Gasteiger partial charge is 0.195 e. The Morgan fingerprint density at radius 2 is 2.11 bits per heavy atom. The second kappa shape index (κ2) is 7.35. The number of aliphatic imine (C=N–C) groups is 1. The summed E-state index contributed by atoms with van der Waals surface area (Å²) in [6.07, 6.45) is 9.42. The van der Waals surface area contributed by atoms with Crippen LogP contribution in [-0.2, 0) is 0 Å². The number of anilines is 3. The zero-order chi connectivity index (χ0) is 18.9. The standard InChI is InChI=1S/C20H22BrN7/c21-14-12-22-20(23-15-5-1-2-6-17(15)28-9-3-4-10-28)25-19(14)24-18-11-16(26-27-18)13-7-8-13/h1-3,5-6,9,11-13,20,23,25H,4,7-8,10H2,(H2,24,26,27). The highest BCUT2D eigenvalue weighted by Gasteiger charge is 2.26. The second-order valence-electron chi connectivity index (χ2n) is 7.18. The van der Waals surface area contributed by atoms with Gasteiger partial charge in [0.15, 0.2) is 12.1 Å². The van der Waals surface area contributed by atoms with E-state index >= 15 is 0 Å². The van der Waals surface area contributed by atoms with Crippen molar-refractivity contribution < 1.29 is 0 Å². The number of para-hydroxylation sites is 2. The quantitative estimate of drug-likeness (QED) is 0.545. The molecule has 8 heteroatoms. The van der Waals surface area contributed by atoms with Gasteiger partial charge in [0, 0.05) is 36.6 Å². The normalized spacial score (nSPS) is 21.2. The van der Waals surface area contributed by atoms with Crippen molar-refractivity contribution in [2.24, 2.45) is 4.99 Å². The van der Waals surface area contributed by atoms with Crippen LogP contribution in [0.1, 0.15) is 30.9 Å². The third-order valence-electron chi connectivity index (χ3n) is 5.05. The van der Waals surface area contributed by atoms with Crippen molar-refractivity contribution in [1.29, 1.82) is 0 Å². The molecule has 1 aromatic carbocycles. The molecule has 2 aromatic rings. The van der Waals surface area contributed by atoms with Crippen molar-refractivity contribution in [2.45, 2.75) is 31.5 Å². The molecule has 0 saturated heterocycles. The summed E-state index contributed by atoms with van der Waals surface area (Å²) in [7, 11) is 0. The van der Waals surface area contributed by atoms with E-state index in [1.807, 2.05) is 12.3 Å². The van der Waals surface area contributed by atoms with Gasteiger partial charge in [-0.2, -0.15) is 5.10 Å². The number of halogens is 1.